The lowest BCUT2D eigenvalue weighted by atomic mass is 9.87. The van der Waals surface area contributed by atoms with Crippen molar-refractivity contribution < 1.29 is 9.15 Å². The van der Waals surface area contributed by atoms with Gasteiger partial charge in [-0.05, 0) is 31.9 Å². The van der Waals surface area contributed by atoms with Crippen LogP contribution in [0.2, 0.25) is 0 Å². The molecule has 0 aromatic carbocycles. The third kappa shape index (κ3) is 4.16. The van der Waals surface area contributed by atoms with Crippen molar-refractivity contribution >= 4 is 5.96 Å². The molecule has 2 fully saturated rings. The molecule has 1 N–H and O–H groups in total. The Morgan fingerprint density at radius 2 is 2.39 bits per heavy atom. The molecule has 1 unspecified atom stereocenters. The van der Waals surface area contributed by atoms with E-state index in [1.165, 1.54) is 12.8 Å². The molecule has 0 bridgehead atoms. The molecular formula is C18H27N3O2. The Morgan fingerprint density at radius 3 is 3.09 bits per heavy atom. The van der Waals surface area contributed by atoms with E-state index in [1.807, 2.05) is 19.1 Å². The van der Waals surface area contributed by atoms with E-state index in [0.717, 1.165) is 56.6 Å². The van der Waals surface area contributed by atoms with E-state index >= 15 is 0 Å². The van der Waals surface area contributed by atoms with Gasteiger partial charge in [-0.15, -0.1) is 0 Å². The maximum atomic E-state index is 5.63. The minimum absolute atomic E-state index is 0.340. The van der Waals surface area contributed by atoms with Crippen LogP contribution in [0.25, 0.3) is 0 Å². The normalized spacial score (nSPS) is 24.6. The van der Waals surface area contributed by atoms with Gasteiger partial charge in [-0.3, -0.25) is 0 Å². The molecule has 2 saturated heterocycles. The summed E-state index contributed by atoms with van der Waals surface area (Å²) < 4.78 is 11.0. The number of hydrogen-bond donors (Lipinski definition) is 1. The molecule has 1 spiro atoms. The Bertz CT molecular complexity index is 545. The van der Waals surface area contributed by atoms with Crippen molar-refractivity contribution in [2.45, 2.75) is 26.2 Å². The first-order chi connectivity index (χ1) is 11.2. The summed E-state index contributed by atoms with van der Waals surface area (Å²) in [4.78, 5) is 7.11. The fraction of sp³-hybridized carbons (Fsp3) is 0.611. The first-order valence-corrected chi connectivity index (χ1v) is 8.45. The Balaban J connectivity index is 1.59. The monoisotopic (exact) mass is 317 g/mol. The first kappa shape index (κ1) is 16.1. The van der Waals surface area contributed by atoms with Crippen LogP contribution in [0.3, 0.4) is 0 Å². The topological polar surface area (TPSA) is 50.0 Å². The largest absolute Gasteiger partial charge is 0.469 e. The Morgan fingerprint density at radius 1 is 1.48 bits per heavy atom. The standard InChI is InChI=1S/C18H27N3O2/c1-15(2)12-20-17(19-8-5-16-4-3-10-23-16)21-9-6-18(13-21)7-11-22-14-18/h3-4,10H,1,5-9,11-14H2,2H3,(H,19,20). The van der Waals surface area contributed by atoms with Gasteiger partial charge in [0, 0.05) is 38.1 Å². The molecule has 3 heterocycles. The molecular weight excluding hydrogens is 290 g/mol. The summed E-state index contributed by atoms with van der Waals surface area (Å²) in [5, 5.41) is 3.50. The highest BCUT2D eigenvalue weighted by Crippen LogP contribution is 2.38. The van der Waals surface area contributed by atoms with Crippen LogP contribution in [0, 0.1) is 5.41 Å². The predicted molar refractivity (Wildman–Crippen MR) is 91.6 cm³/mol. The molecule has 2 aliphatic heterocycles. The molecule has 23 heavy (non-hydrogen) atoms. The van der Waals surface area contributed by atoms with Crippen LogP contribution in [0.5, 0.6) is 0 Å². The minimum atomic E-state index is 0.340. The molecule has 1 aromatic rings. The van der Waals surface area contributed by atoms with Gasteiger partial charge < -0.3 is 19.4 Å². The van der Waals surface area contributed by atoms with Gasteiger partial charge in [-0.25, -0.2) is 4.99 Å². The van der Waals surface area contributed by atoms with Crippen LogP contribution in [-0.2, 0) is 11.2 Å². The highest BCUT2D eigenvalue weighted by Gasteiger charge is 2.42. The van der Waals surface area contributed by atoms with Crippen LogP contribution in [0.15, 0.2) is 40.0 Å². The van der Waals surface area contributed by atoms with E-state index < -0.39 is 0 Å². The highest BCUT2D eigenvalue weighted by atomic mass is 16.5. The van der Waals surface area contributed by atoms with E-state index in [4.69, 9.17) is 14.1 Å². The summed E-state index contributed by atoms with van der Waals surface area (Å²) >= 11 is 0. The summed E-state index contributed by atoms with van der Waals surface area (Å²) in [6, 6.07) is 3.93. The fourth-order valence-corrected chi connectivity index (χ4v) is 3.32. The molecule has 0 amide bonds. The van der Waals surface area contributed by atoms with Crippen LogP contribution >= 0.6 is 0 Å². The zero-order chi connectivity index (χ0) is 16.1. The van der Waals surface area contributed by atoms with Crippen molar-refractivity contribution in [2.75, 3.05) is 39.4 Å². The van der Waals surface area contributed by atoms with Crippen LogP contribution in [-0.4, -0.2) is 50.3 Å². The SMILES string of the molecule is C=C(C)CN=C(NCCc1ccco1)N1CCC2(CCOC2)C1. The van der Waals surface area contributed by atoms with Gasteiger partial charge in [-0.1, -0.05) is 12.2 Å². The predicted octanol–water partition coefficient (Wildman–Crippen LogP) is 2.46. The van der Waals surface area contributed by atoms with E-state index in [2.05, 4.69) is 16.8 Å². The van der Waals surface area contributed by atoms with Crippen molar-refractivity contribution in [1.29, 1.82) is 0 Å². The lowest BCUT2D eigenvalue weighted by molar-refractivity contribution is 0.156. The Labute approximate surface area is 138 Å². The molecule has 5 heteroatoms. The fourth-order valence-electron chi connectivity index (χ4n) is 3.32. The zero-order valence-corrected chi connectivity index (χ0v) is 14.0. The third-order valence-corrected chi connectivity index (χ3v) is 4.66. The minimum Gasteiger partial charge on any atom is -0.469 e. The summed E-state index contributed by atoms with van der Waals surface area (Å²) in [6.45, 7) is 11.3. The number of rotatable bonds is 5. The average molecular weight is 317 g/mol. The molecule has 1 aromatic heterocycles. The second-order valence-corrected chi connectivity index (χ2v) is 6.83. The molecule has 126 valence electrons. The highest BCUT2D eigenvalue weighted by molar-refractivity contribution is 5.80. The molecule has 0 aliphatic carbocycles. The molecule has 0 saturated carbocycles. The lowest BCUT2D eigenvalue weighted by Gasteiger charge is -2.25. The van der Waals surface area contributed by atoms with E-state index in [1.54, 1.807) is 6.26 Å². The molecule has 0 radical (unpaired) electrons. The van der Waals surface area contributed by atoms with Crippen LogP contribution < -0.4 is 5.32 Å². The Kier molecular flexibility index (Phi) is 5.06. The second-order valence-electron chi connectivity index (χ2n) is 6.83. The number of aliphatic imine (C=N–C) groups is 1. The van der Waals surface area contributed by atoms with Gasteiger partial charge in [0.1, 0.15) is 5.76 Å². The van der Waals surface area contributed by atoms with Gasteiger partial charge in [0.15, 0.2) is 5.96 Å². The number of hydrogen-bond acceptors (Lipinski definition) is 3. The summed E-state index contributed by atoms with van der Waals surface area (Å²) in [5.41, 5.74) is 1.42. The zero-order valence-electron chi connectivity index (χ0n) is 14.0. The van der Waals surface area contributed by atoms with Crippen molar-refractivity contribution in [3.8, 4) is 0 Å². The molecule has 3 rings (SSSR count). The number of ether oxygens (including phenoxy) is 1. The van der Waals surface area contributed by atoms with E-state index in [9.17, 15) is 0 Å². The molecule has 2 aliphatic rings. The maximum absolute atomic E-state index is 5.63. The van der Waals surface area contributed by atoms with Gasteiger partial charge in [0.05, 0.1) is 19.4 Å². The number of nitrogens with zero attached hydrogens (tertiary/aromatic N) is 2. The third-order valence-electron chi connectivity index (χ3n) is 4.66. The van der Waals surface area contributed by atoms with Gasteiger partial charge in [-0.2, -0.15) is 0 Å². The van der Waals surface area contributed by atoms with Crippen molar-refractivity contribution in [1.82, 2.24) is 10.2 Å². The van der Waals surface area contributed by atoms with Crippen molar-refractivity contribution in [3.05, 3.63) is 36.3 Å². The van der Waals surface area contributed by atoms with Crippen LogP contribution in [0.4, 0.5) is 0 Å². The molecule has 1 atom stereocenters. The quantitative estimate of drug-likeness (QED) is 0.515. The average Bonchev–Trinajstić information content (AvgIpc) is 3.26. The molecule has 5 nitrogen and oxygen atoms in total. The number of nitrogens with one attached hydrogen (secondary N) is 1. The first-order valence-electron chi connectivity index (χ1n) is 8.45. The summed E-state index contributed by atoms with van der Waals surface area (Å²) in [7, 11) is 0. The lowest BCUT2D eigenvalue weighted by Crippen LogP contribution is -2.42. The summed E-state index contributed by atoms with van der Waals surface area (Å²) in [5.74, 6) is 1.99. The maximum Gasteiger partial charge on any atom is 0.194 e. The van der Waals surface area contributed by atoms with Gasteiger partial charge >= 0.3 is 0 Å². The van der Waals surface area contributed by atoms with Gasteiger partial charge in [0.25, 0.3) is 0 Å². The van der Waals surface area contributed by atoms with Crippen molar-refractivity contribution in [3.63, 3.8) is 0 Å². The summed E-state index contributed by atoms with van der Waals surface area (Å²) in [6.07, 6.45) is 4.94. The van der Waals surface area contributed by atoms with E-state index in [-0.39, 0.29) is 0 Å². The number of likely N-dealkylation sites (tertiary alicyclic amines) is 1. The Hall–Kier alpha value is -1.75. The number of furan rings is 1. The second kappa shape index (κ2) is 7.21. The number of guanidine groups is 1. The van der Waals surface area contributed by atoms with E-state index in [0.29, 0.717) is 12.0 Å². The van der Waals surface area contributed by atoms with Gasteiger partial charge in [0.2, 0.25) is 0 Å². The smallest absolute Gasteiger partial charge is 0.194 e. The van der Waals surface area contributed by atoms with Crippen LogP contribution in [0.1, 0.15) is 25.5 Å². The van der Waals surface area contributed by atoms with Crippen molar-refractivity contribution in [2.24, 2.45) is 10.4 Å².